The van der Waals surface area contributed by atoms with Crippen molar-refractivity contribution in [3.05, 3.63) is 59.7 Å². The van der Waals surface area contributed by atoms with E-state index in [0.29, 0.717) is 13.0 Å². The molecule has 3 rings (SSSR count). The first-order valence-electron chi connectivity index (χ1n) is 6.62. The Balaban J connectivity index is 1.93. The fourth-order valence-corrected chi connectivity index (χ4v) is 2.15. The smallest absolute Gasteiger partial charge is 0.227 e. The third kappa shape index (κ3) is 2.72. The second kappa shape index (κ2) is 5.61. The molecule has 2 aromatic rings. The fourth-order valence-electron chi connectivity index (χ4n) is 2.15. The van der Waals surface area contributed by atoms with Crippen molar-refractivity contribution in [1.82, 2.24) is 0 Å². The van der Waals surface area contributed by atoms with E-state index < -0.39 is 0 Å². The SMILES string of the molecule is O=C1CCOc2c(/C=C/c3ccccc3)cccc2N1. The number of anilines is 1. The molecule has 1 N–H and O–H groups in total. The van der Waals surface area contributed by atoms with Gasteiger partial charge in [-0.15, -0.1) is 0 Å². The average molecular weight is 265 g/mol. The first-order valence-corrected chi connectivity index (χ1v) is 6.62. The topological polar surface area (TPSA) is 38.3 Å². The van der Waals surface area contributed by atoms with E-state index in [1.54, 1.807) is 0 Å². The highest BCUT2D eigenvalue weighted by atomic mass is 16.5. The molecule has 0 aliphatic carbocycles. The van der Waals surface area contributed by atoms with E-state index in [-0.39, 0.29) is 5.91 Å². The number of carbonyl (C=O) groups is 1. The third-order valence-corrected chi connectivity index (χ3v) is 3.15. The maximum absolute atomic E-state index is 11.5. The van der Waals surface area contributed by atoms with Crippen molar-refractivity contribution in [3.63, 3.8) is 0 Å². The molecule has 20 heavy (non-hydrogen) atoms. The predicted octanol–water partition coefficient (Wildman–Crippen LogP) is 3.58. The molecule has 0 fully saturated rings. The number of ether oxygens (including phenoxy) is 1. The maximum Gasteiger partial charge on any atom is 0.227 e. The Hall–Kier alpha value is -2.55. The Morgan fingerprint density at radius 1 is 1.00 bits per heavy atom. The van der Waals surface area contributed by atoms with Gasteiger partial charge >= 0.3 is 0 Å². The Kier molecular flexibility index (Phi) is 3.50. The molecule has 2 aromatic carbocycles. The third-order valence-electron chi connectivity index (χ3n) is 3.15. The highest BCUT2D eigenvalue weighted by molar-refractivity contribution is 5.94. The first-order chi connectivity index (χ1) is 9.83. The molecule has 3 heteroatoms. The van der Waals surface area contributed by atoms with Crippen molar-refractivity contribution in [2.24, 2.45) is 0 Å². The summed E-state index contributed by atoms with van der Waals surface area (Å²) in [5, 5.41) is 2.86. The van der Waals surface area contributed by atoms with Crippen LogP contribution in [0.25, 0.3) is 12.2 Å². The van der Waals surface area contributed by atoms with Crippen molar-refractivity contribution in [2.75, 3.05) is 11.9 Å². The second-order valence-corrected chi connectivity index (χ2v) is 4.61. The summed E-state index contributed by atoms with van der Waals surface area (Å²) in [5.74, 6) is 0.735. The van der Waals surface area contributed by atoms with E-state index in [0.717, 1.165) is 22.6 Å². The van der Waals surface area contributed by atoms with Crippen molar-refractivity contribution >= 4 is 23.7 Å². The van der Waals surface area contributed by atoms with Crippen LogP contribution >= 0.6 is 0 Å². The van der Waals surface area contributed by atoms with Crippen LogP contribution in [-0.4, -0.2) is 12.5 Å². The number of hydrogen-bond donors (Lipinski definition) is 1. The van der Waals surface area contributed by atoms with Crippen LogP contribution in [0.1, 0.15) is 17.5 Å². The van der Waals surface area contributed by atoms with Crippen molar-refractivity contribution in [2.45, 2.75) is 6.42 Å². The van der Waals surface area contributed by atoms with Gasteiger partial charge in [0, 0.05) is 5.56 Å². The van der Waals surface area contributed by atoms with Crippen LogP contribution in [0.15, 0.2) is 48.5 Å². The van der Waals surface area contributed by atoms with Crippen LogP contribution in [-0.2, 0) is 4.79 Å². The minimum atomic E-state index is -0.00654. The minimum Gasteiger partial charge on any atom is -0.490 e. The molecule has 0 saturated heterocycles. The van der Waals surface area contributed by atoms with Crippen LogP contribution < -0.4 is 10.1 Å². The Morgan fingerprint density at radius 2 is 1.85 bits per heavy atom. The zero-order valence-corrected chi connectivity index (χ0v) is 11.0. The van der Waals surface area contributed by atoms with Crippen LogP contribution in [0.4, 0.5) is 5.69 Å². The van der Waals surface area contributed by atoms with Gasteiger partial charge in [0.2, 0.25) is 5.91 Å². The number of para-hydroxylation sites is 1. The minimum absolute atomic E-state index is 0.00654. The highest BCUT2D eigenvalue weighted by Crippen LogP contribution is 2.32. The second-order valence-electron chi connectivity index (χ2n) is 4.61. The zero-order valence-electron chi connectivity index (χ0n) is 11.0. The standard InChI is InChI=1S/C17H15NO2/c19-16-11-12-20-17-14(7-4-8-15(17)18-16)10-9-13-5-2-1-3-6-13/h1-10H,11-12H2,(H,18,19)/b10-9+. The molecule has 100 valence electrons. The monoisotopic (exact) mass is 265 g/mol. The molecule has 3 nitrogen and oxygen atoms in total. The summed E-state index contributed by atoms with van der Waals surface area (Å²) in [6.07, 6.45) is 4.42. The van der Waals surface area contributed by atoms with Gasteiger partial charge in [-0.05, 0) is 11.6 Å². The quantitative estimate of drug-likeness (QED) is 0.843. The van der Waals surface area contributed by atoms with Crippen molar-refractivity contribution in [1.29, 1.82) is 0 Å². The molecule has 0 bridgehead atoms. The molecule has 1 aliphatic heterocycles. The Morgan fingerprint density at radius 3 is 2.70 bits per heavy atom. The molecule has 0 atom stereocenters. The number of hydrogen-bond acceptors (Lipinski definition) is 2. The number of benzene rings is 2. The summed E-state index contributed by atoms with van der Waals surface area (Å²) >= 11 is 0. The lowest BCUT2D eigenvalue weighted by molar-refractivity contribution is -0.116. The fraction of sp³-hybridized carbons (Fsp3) is 0.118. The van der Waals surface area contributed by atoms with E-state index in [9.17, 15) is 4.79 Å². The maximum atomic E-state index is 11.5. The number of carbonyl (C=O) groups excluding carboxylic acids is 1. The highest BCUT2D eigenvalue weighted by Gasteiger charge is 2.15. The van der Waals surface area contributed by atoms with Gasteiger partial charge in [0.05, 0.1) is 18.7 Å². The molecule has 0 radical (unpaired) electrons. The van der Waals surface area contributed by atoms with Gasteiger partial charge in [0.15, 0.2) is 0 Å². The summed E-state index contributed by atoms with van der Waals surface area (Å²) in [4.78, 5) is 11.5. The predicted molar refractivity (Wildman–Crippen MR) is 80.6 cm³/mol. The Bertz CT molecular complexity index is 647. The first kappa shape index (κ1) is 12.5. The van der Waals surface area contributed by atoms with Crippen LogP contribution in [0, 0.1) is 0 Å². The molecule has 1 heterocycles. The van der Waals surface area contributed by atoms with Crippen molar-refractivity contribution in [3.8, 4) is 5.75 Å². The largest absolute Gasteiger partial charge is 0.490 e. The Labute approximate surface area is 117 Å². The summed E-state index contributed by atoms with van der Waals surface area (Å²) < 4.78 is 5.70. The molecule has 0 aromatic heterocycles. The van der Waals surface area contributed by atoms with Gasteiger partial charge in [-0.3, -0.25) is 4.79 Å². The van der Waals surface area contributed by atoms with Crippen LogP contribution in [0.2, 0.25) is 0 Å². The molecule has 0 unspecified atom stereocenters. The molecule has 1 amide bonds. The number of nitrogens with one attached hydrogen (secondary N) is 1. The van der Waals surface area contributed by atoms with E-state index in [2.05, 4.69) is 5.32 Å². The normalized spacial score (nSPS) is 14.3. The molecule has 0 saturated carbocycles. The van der Waals surface area contributed by atoms with Crippen LogP contribution in [0.5, 0.6) is 5.75 Å². The number of rotatable bonds is 2. The van der Waals surface area contributed by atoms with E-state index in [1.165, 1.54) is 0 Å². The van der Waals surface area contributed by atoms with Gasteiger partial charge in [0.1, 0.15) is 5.75 Å². The van der Waals surface area contributed by atoms with Crippen LogP contribution in [0.3, 0.4) is 0 Å². The summed E-state index contributed by atoms with van der Waals surface area (Å²) in [6.45, 7) is 0.412. The summed E-state index contributed by atoms with van der Waals surface area (Å²) in [7, 11) is 0. The number of fused-ring (bicyclic) bond motifs is 1. The lowest BCUT2D eigenvalue weighted by atomic mass is 10.1. The summed E-state index contributed by atoms with van der Waals surface area (Å²) in [5.41, 5.74) is 2.83. The van der Waals surface area contributed by atoms with E-state index in [4.69, 9.17) is 4.74 Å². The number of amides is 1. The van der Waals surface area contributed by atoms with Gasteiger partial charge in [0.25, 0.3) is 0 Å². The van der Waals surface area contributed by atoms with Gasteiger partial charge in [-0.1, -0.05) is 54.6 Å². The average Bonchev–Trinajstić information content (AvgIpc) is 2.67. The molecular formula is C17H15NO2. The van der Waals surface area contributed by atoms with E-state index >= 15 is 0 Å². The van der Waals surface area contributed by atoms with Gasteiger partial charge in [-0.2, -0.15) is 0 Å². The lowest BCUT2D eigenvalue weighted by Gasteiger charge is -2.09. The van der Waals surface area contributed by atoms with Gasteiger partial charge in [-0.25, -0.2) is 0 Å². The molecule has 0 spiro atoms. The molecular weight excluding hydrogens is 250 g/mol. The van der Waals surface area contributed by atoms with E-state index in [1.807, 2.05) is 60.7 Å². The zero-order chi connectivity index (χ0) is 13.8. The van der Waals surface area contributed by atoms with Gasteiger partial charge < -0.3 is 10.1 Å². The molecule has 1 aliphatic rings. The lowest BCUT2D eigenvalue weighted by Crippen LogP contribution is -2.10. The van der Waals surface area contributed by atoms with Crippen molar-refractivity contribution < 1.29 is 9.53 Å². The summed E-state index contributed by atoms with van der Waals surface area (Å²) in [6, 6.07) is 15.8.